The third-order valence-electron chi connectivity index (χ3n) is 3.04. The number of para-hydroxylation sites is 1. The lowest BCUT2D eigenvalue weighted by atomic mass is 10.1. The fraction of sp³-hybridized carbons (Fsp3) is 0.250. The normalized spacial score (nSPS) is 10.2. The van der Waals surface area contributed by atoms with E-state index in [9.17, 15) is 0 Å². The van der Waals surface area contributed by atoms with E-state index in [4.69, 9.17) is 0 Å². The summed E-state index contributed by atoms with van der Waals surface area (Å²) in [5.74, 6) is 0. The van der Waals surface area contributed by atoms with Crippen LogP contribution >= 0.6 is 0 Å². The number of nitrogens with zero attached hydrogens (tertiary/aromatic N) is 2. The average molecular weight is 240 g/mol. The minimum absolute atomic E-state index is 0.922. The molecule has 2 aromatic rings. The maximum Gasteiger partial charge on any atom is 0.0426 e. The Morgan fingerprint density at radius 3 is 2.11 bits per heavy atom. The molecule has 2 nitrogen and oxygen atoms in total. The van der Waals surface area contributed by atoms with Crippen LogP contribution in [0.3, 0.4) is 0 Å². The van der Waals surface area contributed by atoms with Crippen molar-refractivity contribution in [2.45, 2.75) is 6.54 Å². The molecule has 0 fully saturated rings. The van der Waals surface area contributed by atoms with Gasteiger partial charge in [0, 0.05) is 39.1 Å². The van der Waals surface area contributed by atoms with Crippen LogP contribution < -0.4 is 9.80 Å². The van der Waals surface area contributed by atoms with Gasteiger partial charge in [-0.15, -0.1) is 0 Å². The highest BCUT2D eigenvalue weighted by Gasteiger charge is 2.03. The molecule has 94 valence electrons. The molecule has 0 bridgehead atoms. The Bertz CT molecular complexity index is 491. The Labute approximate surface area is 109 Å². The highest BCUT2D eigenvalue weighted by atomic mass is 15.1. The van der Waals surface area contributed by atoms with Crippen LogP contribution in [0.2, 0.25) is 0 Å². The minimum Gasteiger partial charge on any atom is -0.378 e. The number of hydrogen-bond donors (Lipinski definition) is 0. The molecule has 2 rings (SSSR count). The minimum atomic E-state index is 0.922. The standard InChI is InChI=1S/C16H20N2/c1-17(2)16-11-7-8-14(12-16)13-18(3)15-9-5-4-6-10-15/h4-12H,13H2,1-3H3. The summed E-state index contributed by atoms with van der Waals surface area (Å²) in [6.45, 7) is 0.922. The highest BCUT2D eigenvalue weighted by Crippen LogP contribution is 2.18. The van der Waals surface area contributed by atoms with Crippen LogP contribution in [0.15, 0.2) is 54.6 Å². The maximum atomic E-state index is 2.26. The molecule has 0 unspecified atom stereocenters. The second-order valence-corrected chi connectivity index (χ2v) is 4.76. The smallest absolute Gasteiger partial charge is 0.0426 e. The molecule has 0 saturated heterocycles. The van der Waals surface area contributed by atoms with Gasteiger partial charge >= 0.3 is 0 Å². The van der Waals surface area contributed by atoms with Gasteiger partial charge in [-0.1, -0.05) is 30.3 Å². The molecule has 0 amide bonds. The number of benzene rings is 2. The first-order valence-corrected chi connectivity index (χ1v) is 6.19. The molecular formula is C16H20N2. The molecule has 2 aromatic carbocycles. The van der Waals surface area contributed by atoms with E-state index in [0.717, 1.165) is 6.54 Å². The molecule has 0 spiro atoms. The molecular weight excluding hydrogens is 220 g/mol. The first-order valence-electron chi connectivity index (χ1n) is 6.19. The van der Waals surface area contributed by atoms with Crippen LogP contribution in [0.25, 0.3) is 0 Å². The second-order valence-electron chi connectivity index (χ2n) is 4.76. The summed E-state index contributed by atoms with van der Waals surface area (Å²) in [7, 11) is 6.26. The predicted octanol–water partition coefficient (Wildman–Crippen LogP) is 3.39. The Morgan fingerprint density at radius 2 is 1.44 bits per heavy atom. The Morgan fingerprint density at radius 1 is 0.778 bits per heavy atom. The molecule has 0 heterocycles. The summed E-state index contributed by atoms with van der Waals surface area (Å²) in [5, 5.41) is 0. The average Bonchev–Trinajstić information content (AvgIpc) is 2.40. The third-order valence-corrected chi connectivity index (χ3v) is 3.04. The van der Waals surface area contributed by atoms with Crippen molar-refractivity contribution in [1.82, 2.24) is 0 Å². The maximum absolute atomic E-state index is 2.26. The van der Waals surface area contributed by atoms with Crippen LogP contribution in [0.4, 0.5) is 11.4 Å². The molecule has 2 heteroatoms. The van der Waals surface area contributed by atoms with Crippen LogP contribution in [-0.2, 0) is 6.54 Å². The molecule has 0 atom stereocenters. The summed E-state index contributed by atoms with van der Waals surface area (Å²) in [5.41, 5.74) is 3.81. The predicted molar refractivity (Wildman–Crippen MR) is 79.3 cm³/mol. The lowest BCUT2D eigenvalue weighted by Gasteiger charge is -2.20. The first kappa shape index (κ1) is 12.5. The lowest BCUT2D eigenvalue weighted by Crippen LogP contribution is -2.16. The number of hydrogen-bond acceptors (Lipinski definition) is 2. The molecule has 0 N–H and O–H groups in total. The summed E-state index contributed by atoms with van der Waals surface area (Å²) >= 11 is 0. The molecule has 0 aliphatic rings. The van der Waals surface area contributed by atoms with E-state index in [-0.39, 0.29) is 0 Å². The van der Waals surface area contributed by atoms with Crippen molar-refractivity contribution in [1.29, 1.82) is 0 Å². The number of anilines is 2. The molecule has 0 aliphatic carbocycles. The Balaban J connectivity index is 2.12. The van der Waals surface area contributed by atoms with E-state index in [2.05, 4.69) is 79.5 Å². The third kappa shape index (κ3) is 3.04. The fourth-order valence-electron chi connectivity index (χ4n) is 1.98. The van der Waals surface area contributed by atoms with Gasteiger partial charge in [-0.3, -0.25) is 0 Å². The van der Waals surface area contributed by atoms with Crippen molar-refractivity contribution in [3.63, 3.8) is 0 Å². The van der Waals surface area contributed by atoms with Gasteiger partial charge in [0.25, 0.3) is 0 Å². The van der Waals surface area contributed by atoms with E-state index in [1.807, 2.05) is 6.07 Å². The van der Waals surface area contributed by atoms with Gasteiger partial charge in [0.15, 0.2) is 0 Å². The molecule has 18 heavy (non-hydrogen) atoms. The van der Waals surface area contributed by atoms with Gasteiger partial charge in [0.2, 0.25) is 0 Å². The molecule has 0 aliphatic heterocycles. The monoisotopic (exact) mass is 240 g/mol. The van der Waals surface area contributed by atoms with E-state index in [0.29, 0.717) is 0 Å². The van der Waals surface area contributed by atoms with Gasteiger partial charge in [-0.2, -0.15) is 0 Å². The van der Waals surface area contributed by atoms with Gasteiger partial charge in [-0.05, 0) is 29.8 Å². The van der Waals surface area contributed by atoms with E-state index in [1.54, 1.807) is 0 Å². The van der Waals surface area contributed by atoms with Crippen molar-refractivity contribution in [3.05, 3.63) is 60.2 Å². The Kier molecular flexibility index (Phi) is 3.88. The van der Waals surface area contributed by atoms with Gasteiger partial charge < -0.3 is 9.80 Å². The summed E-state index contributed by atoms with van der Waals surface area (Å²) < 4.78 is 0. The van der Waals surface area contributed by atoms with Gasteiger partial charge in [0.1, 0.15) is 0 Å². The zero-order chi connectivity index (χ0) is 13.0. The first-order chi connectivity index (χ1) is 8.66. The second kappa shape index (κ2) is 5.58. The molecule has 0 saturated carbocycles. The van der Waals surface area contributed by atoms with E-state index >= 15 is 0 Å². The summed E-state index contributed by atoms with van der Waals surface area (Å²) in [6, 6.07) is 19.1. The zero-order valence-electron chi connectivity index (χ0n) is 11.3. The van der Waals surface area contributed by atoms with E-state index < -0.39 is 0 Å². The van der Waals surface area contributed by atoms with Crippen molar-refractivity contribution in [2.24, 2.45) is 0 Å². The quantitative estimate of drug-likeness (QED) is 0.808. The van der Waals surface area contributed by atoms with Crippen molar-refractivity contribution >= 4 is 11.4 Å². The van der Waals surface area contributed by atoms with E-state index in [1.165, 1.54) is 16.9 Å². The molecule has 0 aromatic heterocycles. The lowest BCUT2D eigenvalue weighted by molar-refractivity contribution is 0.921. The van der Waals surface area contributed by atoms with Crippen LogP contribution in [0, 0.1) is 0 Å². The van der Waals surface area contributed by atoms with Crippen molar-refractivity contribution < 1.29 is 0 Å². The summed E-state index contributed by atoms with van der Waals surface area (Å²) in [4.78, 5) is 4.39. The van der Waals surface area contributed by atoms with Crippen molar-refractivity contribution in [3.8, 4) is 0 Å². The fourth-order valence-corrected chi connectivity index (χ4v) is 1.98. The number of rotatable bonds is 4. The largest absolute Gasteiger partial charge is 0.378 e. The zero-order valence-corrected chi connectivity index (χ0v) is 11.3. The highest BCUT2D eigenvalue weighted by molar-refractivity contribution is 5.50. The van der Waals surface area contributed by atoms with Crippen LogP contribution in [0.5, 0.6) is 0 Å². The van der Waals surface area contributed by atoms with Crippen LogP contribution in [-0.4, -0.2) is 21.1 Å². The Hall–Kier alpha value is -1.96. The summed E-state index contributed by atoms with van der Waals surface area (Å²) in [6.07, 6.45) is 0. The van der Waals surface area contributed by atoms with Gasteiger partial charge in [-0.25, -0.2) is 0 Å². The molecule has 0 radical (unpaired) electrons. The SMILES string of the molecule is CN(C)c1cccc(CN(C)c2ccccc2)c1. The topological polar surface area (TPSA) is 6.48 Å². The van der Waals surface area contributed by atoms with Gasteiger partial charge in [0.05, 0.1) is 0 Å². The van der Waals surface area contributed by atoms with Crippen LogP contribution in [0.1, 0.15) is 5.56 Å². The van der Waals surface area contributed by atoms with Crippen molar-refractivity contribution in [2.75, 3.05) is 30.9 Å².